The van der Waals surface area contributed by atoms with Crippen LogP contribution in [0.4, 0.5) is 24.8 Å². The monoisotopic (exact) mass is 431 g/mol. The molecule has 2 N–H and O–H groups in total. The van der Waals surface area contributed by atoms with Crippen LogP contribution in [0.2, 0.25) is 0 Å². The molecule has 0 aliphatic rings. The summed E-state index contributed by atoms with van der Waals surface area (Å²) in [7, 11) is 1.50. The van der Waals surface area contributed by atoms with Crippen molar-refractivity contribution in [3.63, 3.8) is 0 Å². The number of nitrogens with one attached hydrogen (secondary N) is 2. The smallest absolute Gasteiger partial charge is 0.271 e. The lowest BCUT2D eigenvalue weighted by Gasteiger charge is -2.11. The molecule has 2 aromatic carbocycles. The molecule has 11 heteroatoms. The molecule has 0 aliphatic heterocycles. The number of aromatic nitrogens is 5. The number of hydrogen-bond acceptors (Lipinski definition) is 6. The van der Waals surface area contributed by atoms with Gasteiger partial charge in [-0.05, 0) is 35.9 Å². The van der Waals surface area contributed by atoms with Crippen LogP contribution >= 0.6 is 9.24 Å². The fourth-order valence-electron chi connectivity index (χ4n) is 2.78. The molecule has 1 unspecified atom stereocenters. The third kappa shape index (κ3) is 4.90. The molecule has 30 heavy (non-hydrogen) atoms. The molecule has 0 saturated heterocycles. The number of halogens is 3. The van der Waals surface area contributed by atoms with Crippen LogP contribution in [-0.2, 0) is 6.54 Å². The summed E-state index contributed by atoms with van der Waals surface area (Å²) in [5.74, 6) is -0.0736. The second-order valence-corrected chi connectivity index (χ2v) is 7.41. The van der Waals surface area contributed by atoms with Crippen molar-refractivity contribution in [1.29, 1.82) is 0 Å². The van der Waals surface area contributed by atoms with Gasteiger partial charge in [-0.3, -0.25) is 0 Å². The Morgan fingerprint density at radius 3 is 2.63 bits per heavy atom. The summed E-state index contributed by atoms with van der Waals surface area (Å²) in [6.45, 7) is -0.0935. The van der Waals surface area contributed by atoms with Crippen molar-refractivity contribution in [3.05, 3.63) is 66.1 Å². The molecule has 2 heterocycles. The summed E-state index contributed by atoms with van der Waals surface area (Å²) in [5, 5.41) is 13.8. The molecule has 4 aromatic rings. The van der Waals surface area contributed by atoms with Crippen molar-refractivity contribution < 1.29 is 13.2 Å². The Bertz CT molecular complexity index is 1160. The minimum Gasteiger partial charge on any atom is -0.324 e. The van der Waals surface area contributed by atoms with Gasteiger partial charge in [-0.1, -0.05) is 32.7 Å². The Hall–Kier alpha value is -3.10. The molecule has 0 amide bonds. The van der Waals surface area contributed by atoms with Crippen LogP contribution in [0.3, 0.4) is 0 Å². The van der Waals surface area contributed by atoms with Crippen LogP contribution < -0.4 is 10.6 Å². The van der Waals surface area contributed by atoms with Crippen molar-refractivity contribution in [1.82, 2.24) is 30.3 Å². The third-order valence-electron chi connectivity index (χ3n) is 4.15. The molecule has 0 aliphatic carbocycles. The Balaban J connectivity index is 1.49. The maximum atomic E-state index is 13.5. The number of benzene rings is 2. The Kier molecular flexibility index (Phi) is 5.61. The summed E-state index contributed by atoms with van der Waals surface area (Å²) in [6.07, 6.45) is 1.52. The van der Waals surface area contributed by atoms with Crippen LogP contribution in [0.1, 0.15) is 5.56 Å². The first-order valence-electron chi connectivity index (χ1n) is 8.95. The molecule has 7 nitrogen and oxygen atoms in total. The summed E-state index contributed by atoms with van der Waals surface area (Å²) in [6, 6.07) is 13.2. The molecule has 2 aromatic heterocycles. The van der Waals surface area contributed by atoms with Gasteiger partial charge < -0.3 is 10.6 Å². The van der Waals surface area contributed by atoms with Gasteiger partial charge in [0.25, 0.3) is 5.66 Å². The largest absolute Gasteiger partial charge is 0.324 e. The van der Waals surface area contributed by atoms with Gasteiger partial charge in [0.2, 0.25) is 5.95 Å². The number of nitrogens with zero attached hydrogens (tertiary/aromatic N) is 5. The average molecular weight is 431 g/mol. The lowest BCUT2D eigenvalue weighted by atomic mass is 10.2. The molecular formula is C19H17F3N7P. The van der Waals surface area contributed by atoms with Gasteiger partial charge >= 0.3 is 0 Å². The highest BCUT2D eigenvalue weighted by Gasteiger charge is 2.19. The quantitative estimate of drug-likeness (QED) is 0.435. The summed E-state index contributed by atoms with van der Waals surface area (Å²) in [5.41, 5.74) is 0.146. The first-order chi connectivity index (χ1) is 14.4. The highest BCUT2D eigenvalue weighted by molar-refractivity contribution is 7.18. The topological polar surface area (TPSA) is 80.5 Å². The van der Waals surface area contributed by atoms with E-state index < -0.39 is 12.2 Å². The summed E-state index contributed by atoms with van der Waals surface area (Å²) >= 11 is 0. The maximum absolute atomic E-state index is 13.5. The Morgan fingerprint density at radius 2 is 1.90 bits per heavy atom. The zero-order chi connectivity index (χ0) is 21.1. The van der Waals surface area contributed by atoms with Gasteiger partial charge in [0, 0.05) is 12.2 Å². The standard InChI is InChI=1S/C19H17F3N7P/c20-13-2-1-3-15(8-13)29-17-16(27-28-29)10-24-18(26-17)25-14-6-4-12(5-7-14)9-23-11-19(21,22)30/h1-8,10,23H,9,11,30H2,(H,24,25,26). The van der Waals surface area contributed by atoms with Gasteiger partial charge in [-0.2, -0.15) is 9.67 Å². The number of anilines is 2. The number of hydrogen-bond donors (Lipinski definition) is 2. The predicted octanol–water partition coefficient (Wildman–Crippen LogP) is 3.65. The second-order valence-electron chi connectivity index (χ2n) is 6.57. The minimum atomic E-state index is -2.83. The first kappa shape index (κ1) is 20.2. The zero-order valence-electron chi connectivity index (χ0n) is 15.6. The summed E-state index contributed by atoms with van der Waals surface area (Å²) in [4.78, 5) is 8.65. The van der Waals surface area contributed by atoms with Crippen molar-refractivity contribution in [2.75, 3.05) is 11.9 Å². The van der Waals surface area contributed by atoms with Crippen molar-refractivity contribution in [2.45, 2.75) is 12.2 Å². The molecule has 0 bridgehead atoms. The van der Waals surface area contributed by atoms with Gasteiger partial charge in [0.05, 0.1) is 18.4 Å². The Morgan fingerprint density at radius 1 is 1.10 bits per heavy atom. The van der Waals surface area contributed by atoms with Crippen LogP contribution in [0, 0.1) is 5.82 Å². The van der Waals surface area contributed by atoms with E-state index in [1.54, 1.807) is 24.3 Å². The molecule has 154 valence electrons. The van der Waals surface area contributed by atoms with E-state index in [2.05, 4.69) is 30.9 Å². The maximum Gasteiger partial charge on any atom is 0.271 e. The number of alkyl halides is 2. The molecular weight excluding hydrogens is 414 g/mol. The van der Waals surface area contributed by atoms with Crippen molar-refractivity contribution in [3.8, 4) is 5.69 Å². The normalized spacial score (nSPS) is 11.7. The van der Waals surface area contributed by atoms with E-state index in [0.717, 1.165) is 11.3 Å². The van der Waals surface area contributed by atoms with Gasteiger partial charge in [-0.25, -0.2) is 18.2 Å². The SMILES string of the molecule is Fc1cccc(-n2nnc3cnc(Nc4ccc(CNCC(F)(F)P)cc4)nc32)c1. The van der Waals surface area contributed by atoms with E-state index in [0.29, 0.717) is 29.3 Å². The predicted molar refractivity (Wildman–Crippen MR) is 111 cm³/mol. The van der Waals surface area contributed by atoms with Crippen molar-refractivity contribution >= 4 is 32.0 Å². The molecule has 1 atom stereocenters. The van der Waals surface area contributed by atoms with E-state index in [-0.39, 0.29) is 5.82 Å². The molecule has 0 spiro atoms. The first-order valence-corrected chi connectivity index (χ1v) is 9.53. The molecule has 4 rings (SSSR count). The van der Waals surface area contributed by atoms with E-state index in [9.17, 15) is 13.2 Å². The lowest BCUT2D eigenvalue weighted by molar-refractivity contribution is 0.103. The summed E-state index contributed by atoms with van der Waals surface area (Å²) < 4.78 is 40.6. The fourth-order valence-corrected chi connectivity index (χ4v) is 2.92. The number of fused-ring (bicyclic) bond motifs is 1. The van der Waals surface area contributed by atoms with Gasteiger partial charge in [0.15, 0.2) is 11.2 Å². The molecule has 0 radical (unpaired) electrons. The number of rotatable bonds is 7. The van der Waals surface area contributed by atoms with Crippen LogP contribution in [0.15, 0.2) is 54.7 Å². The lowest BCUT2D eigenvalue weighted by Crippen LogP contribution is -2.26. The fraction of sp³-hybridized carbons (Fsp3) is 0.158. The van der Waals surface area contributed by atoms with Crippen LogP contribution in [0.25, 0.3) is 16.9 Å². The van der Waals surface area contributed by atoms with Crippen molar-refractivity contribution in [2.24, 2.45) is 0 Å². The average Bonchev–Trinajstić information content (AvgIpc) is 3.12. The Labute approximate surface area is 171 Å². The van der Waals surface area contributed by atoms with Crippen LogP contribution in [0.5, 0.6) is 0 Å². The highest BCUT2D eigenvalue weighted by Crippen LogP contribution is 2.21. The van der Waals surface area contributed by atoms with E-state index in [1.165, 1.54) is 32.3 Å². The second kappa shape index (κ2) is 8.33. The molecule has 0 fully saturated rings. The van der Waals surface area contributed by atoms with Gasteiger partial charge in [-0.15, -0.1) is 5.10 Å². The van der Waals surface area contributed by atoms with E-state index >= 15 is 0 Å². The van der Waals surface area contributed by atoms with Gasteiger partial charge in [0.1, 0.15) is 5.82 Å². The van der Waals surface area contributed by atoms with E-state index in [1.807, 2.05) is 12.1 Å². The third-order valence-corrected chi connectivity index (χ3v) is 4.35. The highest BCUT2D eigenvalue weighted by atomic mass is 31.0. The zero-order valence-corrected chi connectivity index (χ0v) is 16.7. The van der Waals surface area contributed by atoms with E-state index in [4.69, 9.17) is 0 Å². The van der Waals surface area contributed by atoms with Crippen LogP contribution in [-0.4, -0.2) is 37.2 Å². The minimum absolute atomic E-state index is 0.316. The molecule has 0 saturated carbocycles.